The molecule has 1 aliphatic rings. The SMILES string of the molecule is BCCCCC(N)(CCCN1CCN(C(=O)Nc2cccc(OC)c2)CC1)C(=O)O. The number of aliphatic carboxylic acids is 1. The fourth-order valence-electron chi connectivity index (χ4n) is 3.73. The molecule has 9 heteroatoms. The molecule has 1 aliphatic heterocycles. The molecule has 1 unspecified atom stereocenters. The van der Waals surface area contributed by atoms with Crippen LogP contribution in [0.25, 0.3) is 0 Å². The van der Waals surface area contributed by atoms with E-state index >= 15 is 0 Å². The Morgan fingerprint density at radius 1 is 1.20 bits per heavy atom. The molecule has 30 heavy (non-hydrogen) atoms. The van der Waals surface area contributed by atoms with Crippen molar-refractivity contribution in [1.82, 2.24) is 9.80 Å². The molecule has 1 heterocycles. The molecule has 0 spiro atoms. The third kappa shape index (κ3) is 7.21. The van der Waals surface area contributed by atoms with E-state index in [1.54, 1.807) is 18.1 Å². The van der Waals surface area contributed by atoms with Crippen LogP contribution in [-0.2, 0) is 4.79 Å². The predicted molar refractivity (Wildman–Crippen MR) is 121 cm³/mol. The number of nitrogens with one attached hydrogen (secondary N) is 1. The second-order valence-electron chi connectivity index (χ2n) is 8.01. The summed E-state index contributed by atoms with van der Waals surface area (Å²) in [4.78, 5) is 28.2. The van der Waals surface area contributed by atoms with E-state index < -0.39 is 11.5 Å². The zero-order chi connectivity index (χ0) is 22.0. The molecule has 0 saturated carbocycles. The van der Waals surface area contributed by atoms with Gasteiger partial charge in [-0.1, -0.05) is 25.2 Å². The van der Waals surface area contributed by atoms with E-state index in [4.69, 9.17) is 10.5 Å². The number of unbranched alkanes of at least 4 members (excludes halogenated alkanes) is 1. The molecule has 1 saturated heterocycles. The molecule has 1 aromatic rings. The van der Waals surface area contributed by atoms with Gasteiger partial charge in [-0.3, -0.25) is 9.69 Å². The van der Waals surface area contributed by atoms with Gasteiger partial charge >= 0.3 is 12.0 Å². The van der Waals surface area contributed by atoms with Crippen LogP contribution in [0.2, 0.25) is 6.32 Å². The first-order chi connectivity index (χ1) is 14.4. The Balaban J connectivity index is 1.73. The monoisotopic (exact) mass is 418 g/mol. The minimum Gasteiger partial charge on any atom is -0.497 e. The summed E-state index contributed by atoms with van der Waals surface area (Å²) >= 11 is 0. The average Bonchev–Trinajstić information content (AvgIpc) is 2.74. The Morgan fingerprint density at radius 3 is 2.53 bits per heavy atom. The highest BCUT2D eigenvalue weighted by molar-refractivity contribution is 6.08. The average molecular weight is 418 g/mol. The molecule has 8 nitrogen and oxygen atoms in total. The Bertz CT molecular complexity index is 697. The summed E-state index contributed by atoms with van der Waals surface area (Å²) in [5, 5.41) is 12.4. The molecule has 2 amide bonds. The minimum absolute atomic E-state index is 0.120. The summed E-state index contributed by atoms with van der Waals surface area (Å²) in [5.41, 5.74) is 5.74. The summed E-state index contributed by atoms with van der Waals surface area (Å²) in [6.45, 7) is 3.61. The molecule has 1 atom stereocenters. The van der Waals surface area contributed by atoms with Crippen LogP contribution in [0.4, 0.5) is 10.5 Å². The number of rotatable bonds is 11. The molecule has 2 rings (SSSR count). The maximum atomic E-state index is 12.5. The van der Waals surface area contributed by atoms with Crippen LogP contribution < -0.4 is 15.8 Å². The highest BCUT2D eigenvalue weighted by atomic mass is 16.5. The fourth-order valence-corrected chi connectivity index (χ4v) is 3.73. The number of amides is 2. The van der Waals surface area contributed by atoms with Crippen molar-refractivity contribution in [3.63, 3.8) is 0 Å². The van der Waals surface area contributed by atoms with Gasteiger partial charge in [-0.05, 0) is 37.9 Å². The molecular weight excluding hydrogens is 383 g/mol. The third-order valence-electron chi connectivity index (χ3n) is 5.73. The van der Waals surface area contributed by atoms with E-state index in [1.807, 2.05) is 18.2 Å². The smallest absolute Gasteiger partial charge is 0.323 e. The van der Waals surface area contributed by atoms with Crippen LogP contribution in [-0.4, -0.2) is 80.1 Å². The molecule has 1 fully saturated rings. The number of carboxylic acids is 1. The van der Waals surface area contributed by atoms with Crippen molar-refractivity contribution in [1.29, 1.82) is 0 Å². The van der Waals surface area contributed by atoms with E-state index in [0.717, 1.165) is 45.2 Å². The number of piperazine rings is 1. The van der Waals surface area contributed by atoms with Gasteiger partial charge in [0, 0.05) is 37.9 Å². The highest BCUT2D eigenvalue weighted by Crippen LogP contribution is 2.20. The predicted octanol–water partition coefficient (Wildman–Crippen LogP) is 1.63. The number of anilines is 1. The van der Waals surface area contributed by atoms with Gasteiger partial charge in [0.1, 0.15) is 19.1 Å². The molecule has 166 valence electrons. The van der Waals surface area contributed by atoms with Gasteiger partial charge in [-0.25, -0.2) is 4.79 Å². The van der Waals surface area contributed by atoms with Crippen molar-refractivity contribution < 1.29 is 19.4 Å². The van der Waals surface area contributed by atoms with Crippen molar-refractivity contribution in [2.24, 2.45) is 5.73 Å². The van der Waals surface area contributed by atoms with Crippen LogP contribution in [0, 0.1) is 0 Å². The summed E-state index contributed by atoms with van der Waals surface area (Å²) in [5.74, 6) is -0.206. The number of nitrogens with zero attached hydrogens (tertiary/aromatic N) is 2. The van der Waals surface area contributed by atoms with Crippen molar-refractivity contribution in [3.05, 3.63) is 24.3 Å². The van der Waals surface area contributed by atoms with Gasteiger partial charge < -0.3 is 25.8 Å². The Morgan fingerprint density at radius 2 is 1.90 bits per heavy atom. The maximum absolute atomic E-state index is 12.5. The molecule has 4 N–H and O–H groups in total. The lowest BCUT2D eigenvalue weighted by Gasteiger charge is -2.35. The molecular formula is C21H35BN4O4. The topological polar surface area (TPSA) is 108 Å². The lowest BCUT2D eigenvalue weighted by Crippen LogP contribution is -2.51. The highest BCUT2D eigenvalue weighted by Gasteiger charge is 2.33. The summed E-state index contributed by atoms with van der Waals surface area (Å²) in [6.07, 6.45) is 4.64. The number of urea groups is 1. The Labute approximate surface area is 180 Å². The van der Waals surface area contributed by atoms with Gasteiger partial charge in [-0.2, -0.15) is 0 Å². The second-order valence-corrected chi connectivity index (χ2v) is 8.01. The van der Waals surface area contributed by atoms with Gasteiger partial charge in [-0.15, -0.1) is 0 Å². The number of carbonyl (C=O) groups is 2. The second kappa shape index (κ2) is 11.8. The van der Waals surface area contributed by atoms with E-state index in [-0.39, 0.29) is 6.03 Å². The summed E-state index contributed by atoms with van der Waals surface area (Å²) in [6, 6.07) is 7.17. The van der Waals surface area contributed by atoms with Crippen LogP contribution >= 0.6 is 0 Å². The van der Waals surface area contributed by atoms with Crippen LogP contribution in [0.3, 0.4) is 0 Å². The number of methoxy groups -OCH3 is 1. The zero-order valence-electron chi connectivity index (χ0n) is 18.2. The first kappa shape index (κ1) is 24.0. The molecule has 0 aromatic heterocycles. The molecule has 0 bridgehead atoms. The summed E-state index contributed by atoms with van der Waals surface area (Å²) < 4.78 is 5.18. The van der Waals surface area contributed by atoms with Crippen LogP contribution in [0.1, 0.15) is 32.1 Å². The van der Waals surface area contributed by atoms with Crippen molar-refractivity contribution in [3.8, 4) is 5.75 Å². The minimum atomic E-state index is -1.13. The molecule has 0 aliphatic carbocycles. The Hall–Kier alpha value is -2.26. The largest absolute Gasteiger partial charge is 0.497 e. The number of carbonyl (C=O) groups excluding carboxylic acids is 1. The number of hydrogen-bond donors (Lipinski definition) is 3. The van der Waals surface area contributed by atoms with E-state index in [0.29, 0.717) is 37.4 Å². The molecule has 1 aromatic carbocycles. The first-order valence-electron chi connectivity index (χ1n) is 10.8. The van der Waals surface area contributed by atoms with Gasteiger partial charge in [0.15, 0.2) is 0 Å². The van der Waals surface area contributed by atoms with Gasteiger partial charge in [0.25, 0.3) is 0 Å². The van der Waals surface area contributed by atoms with Crippen LogP contribution in [0.5, 0.6) is 5.75 Å². The van der Waals surface area contributed by atoms with Crippen LogP contribution in [0.15, 0.2) is 24.3 Å². The van der Waals surface area contributed by atoms with Crippen molar-refractivity contribution in [2.45, 2.75) is 44.0 Å². The van der Waals surface area contributed by atoms with Crippen molar-refractivity contribution in [2.75, 3.05) is 45.2 Å². The number of carboxylic acid groups (broad SMARTS) is 1. The number of hydrogen-bond acceptors (Lipinski definition) is 5. The number of ether oxygens (including phenoxy) is 1. The number of benzene rings is 1. The lowest BCUT2D eigenvalue weighted by molar-refractivity contribution is -0.144. The molecule has 0 radical (unpaired) electrons. The van der Waals surface area contributed by atoms with E-state index in [9.17, 15) is 14.7 Å². The van der Waals surface area contributed by atoms with E-state index in [1.165, 1.54) is 0 Å². The zero-order valence-corrected chi connectivity index (χ0v) is 18.2. The van der Waals surface area contributed by atoms with Gasteiger partial charge in [0.2, 0.25) is 0 Å². The van der Waals surface area contributed by atoms with E-state index in [2.05, 4.69) is 18.1 Å². The Kier molecular flexibility index (Phi) is 9.45. The fraction of sp³-hybridized carbons (Fsp3) is 0.619. The maximum Gasteiger partial charge on any atom is 0.323 e. The lowest BCUT2D eigenvalue weighted by atomic mass is 9.87. The van der Waals surface area contributed by atoms with Crippen molar-refractivity contribution >= 4 is 25.5 Å². The standard InChI is InChI=1S/C21H35BN4O4/c1-30-18-7-4-6-17(16-18)24-20(29)26-14-12-25(13-15-26)11-5-9-21(23,19(27)28)8-2-3-10-22/h4,6-7,16H,2-3,5,8-15,22-23H2,1H3,(H,24,29)(H,27,28). The first-order valence-corrected chi connectivity index (χ1v) is 10.8. The summed E-state index contributed by atoms with van der Waals surface area (Å²) in [7, 11) is 3.69. The quantitative estimate of drug-likeness (QED) is 0.372. The number of nitrogens with two attached hydrogens (primary N) is 1. The third-order valence-corrected chi connectivity index (χ3v) is 5.73. The van der Waals surface area contributed by atoms with Gasteiger partial charge in [0.05, 0.1) is 7.11 Å². The normalized spacial score (nSPS) is 16.7.